The van der Waals surface area contributed by atoms with Crippen molar-refractivity contribution >= 4 is 18.2 Å². The van der Waals surface area contributed by atoms with Gasteiger partial charge in [0.1, 0.15) is 17.2 Å². The van der Waals surface area contributed by atoms with Crippen LogP contribution in [-0.2, 0) is 6.54 Å². The molecular formula is C28H30N2O4. The van der Waals surface area contributed by atoms with E-state index in [1.807, 2.05) is 60.7 Å². The van der Waals surface area contributed by atoms with Crippen molar-refractivity contribution in [1.82, 2.24) is 9.80 Å². The Labute approximate surface area is 201 Å². The molecule has 0 radical (unpaired) electrons. The van der Waals surface area contributed by atoms with E-state index in [4.69, 9.17) is 14.2 Å². The van der Waals surface area contributed by atoms with Gasteiger partial charge in [-0.1, -0.05) is 54.6 Å². The number of piperazine rings is 1. The van der Waals surface area contributed by atoms with Crippen molar-refractivity contribution in [2.24, 2.45) is 0 Å². The fourth-order valence-corrected chi connectivity index (χ4v) is 3.86. The summed E-state index contributed by atoms with van der Waals surface area (Å²) >= 11 is 0. The summed E-state index contributed by atoms with van der Waals surface area (Å²) in [7, 11) is 3.26. The van der Waals surface area contributed by atoms with E-state index in [1.54, 1.807) is 19.1 Å². The van der Waals surface area contributed by atoms with Gasteiger partial charge in [-0.2, -0.15) is 0 Å². The molecule has 0 aromatic heterocycles. The Morgan fingerprint density at radius 3 is 2.00 bits per heavy atom. The molecule has 1 saturated heterocycles. The third kappa shape index (κ3) is 6.39. The molecule has 6 nitrogen and oxygen atoms in total. The second-order valence-corrected chi connectivity index (χ2v) is 8.17. The van der Waals surface area contributed by atoms with Crippen LogP contribution in [0, 0.1) is 0 Å². The molecule has 1 fully saturated rings. The van der Waals surface area contributed by atoms with Gasteiger partial charge < -0.3 is 19.1 Å². The van der Waals surface area contributed by atoms with Crippen LogP contribution in [0.2, 0.25) is 0 Å². The lowest BCUT2D eigenvalue weighted by molar-refractivity contribution is 0.108. The Kier molecular flexibility index (Phi) is 7.83. The molecule has 0 N–H and O–H groups in total. The van der Waals surface area contributed by atoms with Crippen molar-refractivity contribution in [2.45, 2.75) is 6.54 Å². The molecule has 1 aliphatic rings. The maximum absolute atomic E-state index is 12.6. The van der Waals surface area contributed by atoms with Crippen LogP contribution in [0.1, 0.15) is 16.7 Å². The van der Waals surface area contributed by atoms with E-state index in [2.05, 4.69) is 29.2 Å². The van der Waals surface area contributed by atoms with Gasteiger partial charge in [0.25, 0.3) is 0 Å². The van der Waals surface area contributed by atoms with Crippen LogP contribution in [0.15, 0.2) is 72.8 Å². The average Bonchev–Trinajstić information content (AvgIpc) is 2.89. The first-order chi connectivity index (χ1) is 16.6. The van der Waals surface area contributed by atoms with Crippen molar-refractivity contribution in [3.05, 3.63) is 89.5 Å². The minimum Gasteiger partial charge on any atom is -0.497 e. The summed E-state index contributed by atoms with van der Waals surface area (Å²) in [4.78, 5) is 16.7. The van der Waals surface area contributed by atoms with E-state index >= 15 is 0 Å². The van der Waals surface area contributed by atoms with Gasteiger partial charge in [-0.25, -0.2) is 4.79 Å². The Hall–Kier alpha value is -3.77. The van der Waals surface area contributed by atoms with Crippen LogP contribution >= 0.6 is 0 Å². The molecule has 3 aromatic rings. The molecule has 34 heavy (non-hydrogen) atoms. The zero-order valence-electron chi connectivity index (χ0n) is 19.6. The zero-order chi connectivity index (χ0) is 23.8. The molecule has 0 spiro atoms. The summed E-state index contributed by atoms with van der Waals surface area (Å²) in [6.45, 7) is 3.90. The first-order valence-corrected chi connectivity index (χ1v) is 11.4. The summed E-state index contributed by atoms with van der Waals surface area (Å²) in [6, 6.07) is 23.6. The van der Waals surface area contributed by atoms with Gasteiger partial charge in [0.2, 0.25) is 0 Å². The molecule has 1 heterocycles. The molecule has 0 bridgehead atoms. The fourth-order valence-electron chi connectivity index (χ4n) is 3.86. The molecule has 3 aromatic carbocycles. The van der Waals surface area contributed by atoms with E-state index < -0.39 is 0 Å². The lowest BCUT2D eigenvalue weighted by Crippen LogP contribution is -2.49. The van der Waals surface area contributed by atoms with Crippen LogP contribution < -0.4 is 14.2 Å². The number of amides is 1. The fraction of sp³-hybridized carbons (Fsp3) is 0.250. The lowest BCUT2D eigenvalue weighted by Gasteiger charge is -2.34. The van der Waals surface area contributed by atoms with Gasteiger partial charge in [-0.05, 0) is 41.0 Å². The normalized spacial score (nSPS) is 14.2. The highest BCUT2D eigenvalue weighted by atomic mass is 16.6. The molecular weight excluding hydrogens is 428 g/mol. The largest absolute Gasteiger partial charge is 0.497 e. The summed E-state index contributed by atoms with van der Waals surface area (Å²) in [5, 5.41) is 0. The van der Waals surface area contributed by atoms with Gasteiger partial charge in [0.05, 0.1) is 14.2 Å². The maximum Gasteiger partial charge on any atom is 0.415 e. The van der Waals surface area contributed by atoms with Crippen molar-refractivity contribution in [1.29, 1.82) is 0 Å². The molecule has 176 valence electrons. The molecule has 0 atom stereocenters. The van der Waals surface area contributed by atoms with E-state index in [0.717, 1.165) is 42.3 Å². The Morgan fingerprint density at radius 2 is 1.38 bits per heavy atom. The third-order valence-electron chi connectivity index (χ3n) is 5.81. The van der Waals surface area contributed by atoms with E-state index in [1.165, 1.54) is 5.56 Å². The second-order valence-electron chi connectivity index (χ2n) is 8.17. The molecule has 4 rings (SSSR count). The number of ether oxygens (including phenoxy) is 3. The molecule has 0 unspecified atom stereocenters. The highest BCUT2D eigenvalue weighted by Crippen LogP contribution is 2.24. The quantitative estimate of drug-likeness (QED) is 0.456. The van der Waals surface area contributed by atoms with Crippen LogP contribution in [0.25, 0.3) is 12.2 Å². The van der Waals surface area contributed by atoms with Gasteiger partial charge >= 0.3 is 6.09 Å². The number of rotatable bonds is 7. The molecule has 0 aliphatic carbocycles. The monoisotopic (exact) mass is 458 g/mol. The summed E-state index contributed by atoms with van der Waals surface area (Å²) in [5.41, 5.74) is 3.26. The van der Waals surface area contributed by atoms with Gasteiger partial charge in [0.15, 0.2) is 0 Å². The lowest BCUT2D eigenvalue weighted by atomic mass is 10.1. The second kappa shape index (κ2) is 11.4. The number of carbonyl (C=O) groups excluding carboxylic acids is 1. The summed E-state index contributed by atoms with van der Waals surface area (Å²) in [6.07, 6.45) is 3.68. The number of nitrogens with zero attached hydrogens (tertiary/aromatic N) is 2. The number of benzene rings is 3. The number of methoxy groups -OCH3 is 2. The maximum atomic E-state index is 12.6. The number of hydrogen-bond donors (Lipinski definition) is 0. The first kappa shape index (κ1) is 23.4. The van der Waals surface area contributed by atoms with Crippen molar-refractivity contribution in [3.8, 4) is 17.2 Å². The number of hydrogen-bond acceptors (Lipinski definition) is 5. The van der Waals surface area contributed by atoms with Crippen LogP contribution in [0.3, 0.4) is 0 Å². The van der Waals surface area contributed by atoms with Crippen LogP contribution in [0.4, 0.5) is 4.79 Å². The minimum atomic E-state index is -0.300. The summed E-state index contributed by atoms with van der Waals surface area (Å²) in [5.74, 6) is 2.02. The van der Waals surface area contributed by atoms with E-state index in [9.17, 15) is 4.79 Å². The van der Waals surface area contributed by atoms with Crippen molar-refractivity contribution in [3.63, 3.8) is 0 Å². The predicted octanol–water partition coefficient (Wildman–Crippen LogP) is 5.19. The van der Waals surface area contributed by atoms with Crippen molar-refractivity contribution < 1.29 is 19.0 Å². The summed E-state index contributed by atoms with van der Waals surface area (Å²) < 4.78 is 16.2. The average molecular weight is 459 g/mol. The number of carbonyl (C=O) groups is 1. The molecule has 0 saturated carbocycles. The molecule has 6 heteroatoms. The Balaban J connectivity index is 1.28. The van der Waals surface area contributed by atoms with Crippen LogP contribution in [-0.4, -0.2) is 56.3 Å². The highest BCUT2D eigenvalue weighted by molar-refractivity contribution is 5.73. The highest BCUT2D eigenvalue weighted by Gasteiger charge is 2.22. The standard InChI is InChI=1S/C28H30N2O4/c1-32-26-18-24(19-27(20-26)33-2)9-8-22-10-12-25(13-11-22)34-28(31)30-16-14-29(15-17-30)21-23-6-4-3-5-7-23/h3-13,18-20H,14-17,21H2,1-2H3/b9-8+. The van der Waals surface area contributed by atoms with E-state index in [0.29, 0.717) is 18.8 Å². The first-order valence-electron chi connectivity index (χ1n) is 11.4. The molecule has 1 aliphatic heterocycles. The zero-order valence-corrected chi connectivity index (χ0v) is 19.6. The van der Waals surface area contributed by atoms with Crippen molar-refractivity contribution in [2.75, 3.05) is 40.4 Å². The third-order valence-corrected chi connectivity index (χ3v) is 5.81. The van der Waals surface area contributed by atoms with Gasteiger partial charge in [-0.3, -0.25) is 4.90 Å². The van der Waals surface area contributed by atoms with Gasteiger partial charge in [-0.15, -0.1) is 0 Å². The topological polar surface area (TPSA) is 51.2 Å². The minimum absolute atomic E-state index is 0.300. The van der Waals surface area contributed by atoms with Crippen LogP contribution in [0.5, 0.6) is 17.2 Å². The predicted molar refractivity (Wildman–Crippen MR) is 134 cm³/mol. The Morgan fingerprint density at radius 1 is 0.765 bits per heavy atom. The van der Waals surface area contributed by atoms with E-state index in [-0.39, 0.29) is 6.09 Å². The smallest absolute Gasteiger partial charge is 0.415 e. The Bertz CT molecular complexity index is 1080. The van der Waals surface area contributed by atoms with Gasteiger partial charge in [0, 0.05) is 38.8 Å². The molecule has 1 amide bonds. The SMILES string of the molecule is COc1cc(/C=C/c2ccc(OC(=O)N3CCN(Cc4ccccc4)CC3)cc2)cc(OC)c1.